The number of hydrogen-bond donors (Lipinski definition) is 1. The van der Waals surface area contributed by atoms with Crippen molar-refractivity contribution in [2.75, 3.05) is 13.7 Å². The molecule has 0 saturated heterocycles. The highest BCUT2D eigenvalue weighted by atomic mass is 16.5. The van der Waals surface area contributed by atoms with Crippen molar-refractivity contribution in [1.82, 2.24) is 5.32 Å². The number of carbonyl (C=O) groups is 1. The Balaban J connectivity index is 1.99. The summed E-state index contributed by atoms with van der Waals surface area (Å²) in [7, 11) is 1.63. The molecule has 0 aliphatic rings. The molecule has 2 aromatic rings. The van der Waals surface area contributed by atoms with Crippen molar-refractivity contribution in [3.8, 4) is 11.5 Å². The first-order valence-electron chi connectivity index (χ1n) is 8.05. The van der Waals surface area contributed by atoms with Gasteiger partial charge in [0.05, 0.1) is 13.2 Å². The van der Waals surface area contributed by atoms with Crippen molar-refractivity contribution in [1.29, 1.82) is 0 Å². The smallest absolute Gasteiger partial charge is 0.258 e. The summed E-state index contributed by atoms with van der Waals surface area (Å²) in [6.45, 7) is 7.95. The second-order valence-corrected chi connectivity index (χ2v) is 6.02. The van der Waals surface area contributed by atoms with E-state index in [1.54, 1.807) is 7.11 Å². The summed E-state index contributed by atoms with van der Waals surface area (Å²) >= 11 is 0. The molecule has 0 aromatic heterocycles. The second kappa shape index (κ2) is 7.86. The van der Waals surface area contributed by atoms with Crippen LogP contribution < -0.4 is 14.8 Å². The SMILES string of the molecule is COc1ccc(C)cc1[C@@H](C)NC(=O)COc1cccc(C)c1C. The van der Waals surface area contributed by atoms with Crippen LogP contribution in [0.4, 0.5) is 0 Å². The summed E-state index contributed by atoms with van der Waals surface area (Å²) in [6, 6.07) is 11.6. The minimum absolute atomic E-state index is 0.0111. The molecule has 0 heterocycles. The molecule has 24 heavy (non-hydrogen) atoms. The zero-order chi connectivity index (χ0) is 17.7. The summed E-state index contributed by atoms with van der Waals surface area (Å²) in [6.07, 6.45) is 0. The first kappa shape index (κ1) is 17.9. The van der Waals surface area contributed by atoms with Crippen LogP contribution in [0.5, 0.6) is 11.5 Å². The lowest BCUT2D eigenvalue weighted by molar-refractivity contribution is -0.123. The lowest BCUT2D eigenvalue weighted by Gasteiger charge is -2.18. The summed E-state index contributed by atoms with van der Waals surface area (Å²) in [5, 5.41) is 2.96. The van der Waals surface area contributed by atoms with Crippen LogP contribution in [0.1, 0.15) is 35.2 Å². The number of nitrogens with one attached hydrogen (secondary N) is 1. The average molecular weight is 327 g/mol. The van der Waals surface area contributed by atoms with Gasteiger partial charge in [-0.15, -0.1) is 0 Å². The first-order chi connectivity index (χ1) is 11.4. The molecule has 0 bridgehead atoms. The van der Waals surface area contributed by atoms with Gasteiger partial charge in [-0.3, -0.25) is 4.79 Å². The standard InChI is InChI=1S/C20H25NO3/c1-13-9-10-19(23-5)17(11-13)16(4)21-20(22)12-24-18-8-6-7-14(2)15(18)3/h6-11,16H,12H2,1-5H3,(H,21,22)/t16-/m1/s1. The van der Waals surface area contributed by atoms with Crippen molar-refractivity contribution in [2.45, 2.75) is 33.7 Å². The minimum atomic E-state index is -0.160. The lowest BCUT2D eigenvalue weighted by atomic mass is 10.0. The molecule has 0 radical (unpaired) electrons. The molecule has 0 fully saturated rings. The van der Waals surface area contributed by atoms with Gasteiger partial charge in [0, 0.05) is 5.56 Å². The third kappa shape index (κ3) is 4.28. The largest absolute Gasteiger partial charge is 0.496 e. The minimum Gasteiger partial charge on any atom is -0.496 e. The van der Waals surface area contributed by atoms with Crippen molar-refractivity contribution in [3.63, 3.8) is 0 Å². The average Bonchev–Trinajstić information content (AvgIpc) is 2.56. The Labute approximate surface area is 143 Å². The van der Waals surface area contributed by atoms with E-state index in [1.807, 2.05) is 64.1 Å². The fourth-order valence-electron chi connectivity index (χ4n) is 2.58. The van der Waals surface area contributed by atoms with Crippen molar-refractivity contribution in [3.05, 3.63) is 58.7 Å². The third-order valence-corrected chi connectivity index (χ3v) is 4.14. The number of ether oxygens (including phenoxy) is 2. The molecule has 0 saturated carbocycles. The fourth-order valence-corrected chi connectivity index (χ4v) is 2.58. The van der Waals surface area contributed by atoms with Gasteiger partial charge in [-0.05, 0) is 51.0 Å². The van der Waals surface area contributed by atoms with E-state index in [-0.39, 0.29) is 18.6 Å². The van der Waals surface area contributed by atoms with Gasteiger partial charge in [0.25, 0.3) is 5.91 Å². The normalized spacial score (nSPS) is 11.7. The molecule has 1 atom stereocenters. The van der Waals surface area contributed by atoms with Gasteiger partial charge in [-0.1, -0.05) is 29.8 Å². The Hall–Kier alpha value is -2.49. The van der Waals surface area contributed by atoms with Crippen LogP contribution in [0.3, 0.4) is 0 Å². The predicted molar refractivity (Wildman–Crippen MR) is 95.7 cm³/mol. The molecule has 4 nitrogen and oxygen atoms in total. The van der Waals surface area contributed by atoms with Crippen LogP contribution in [-0.2, 0) is 4.79 Å². The number of benzene rings is 2. The zero-order valence-corrected chi connectivity index (χ0v) is 15.0. The van der Waals surface area contributed by atoms with Crippen LogP contribution in [0.15, 0.2) is 36.4 Å². The highest BCUT2D eigenvalue weighted by Crippen LogP contribution is 2.26. The Bertz CT molecular complexity index is 725. The van der Waals surface area contributed by atoms with Crippen LogP contribution in [0, 0.1) is 20.8 Å². The van der Waals surface area contributed by atoms with Crippen LogP contribution in [0.2, 0.25) is 0 Å². The van der Waals surface area contributed by atoms with E-state index in [4.69, 9.17) is 9.47 Å². The fraction of sp³-hybridized carbons (Fsp3) is 0.350. The maximum Gasteiger partial charge on any atom is 0.258 e. The zero-order valence-electron chi connectivity index (χ0n) is 15.0. The Morgan fingerprint density at radius 3 is 2.58 bits per heavy atom. The lowest BCUT2D eigenvalue weighted by Crippen LogP contribution is -2.31. The second-order valence-electron chi connectivity index (χ2n) is 6.02. The molecular weight excluding hydrogens is 302 g/mol. The van der Waals surface area contributed by atoms with Crippen molar-refractivity contribution >= 4 is 5.91 Å². The van der Waals surface area contributed by atoms with Gasteiger partial charge in [0.15, 0.2) is 6.61 Å². The molecule has 1 N–H and O–H groups in total. The summed E-state index contributed by atoms with van der Waals surface area (Å²) in [4.78, 5) is 12.2. The molecule has 0 aliphatic carbocycles. The van der Waals surface area contributed by atoms with Crippen LogP contribution in [0.25, 0.3) is 0 Å². The van der Waals surface area contributed by atoms with Gasteiger partial charge in [-0.25, -0.2) is 0 Å². The number of methoxy groups -OCH3 is 1. The highest BCUT2D eigenvalue weighted by Gasteiger charge is 2.15. The van der Waals surface area contributed by atoms with E-state index >= 15 is 0 Å². The Morgan fingerprint density at radius 1 is 1.12 bits per heavy atom. The monoisotopic (exact) mass is 327 g/mol. The van der Waals surface area contributed by atoms with E-state index in [9.17, 15) is 4.79 Å². The third-order valence-electron chi connectivity index (χ3n) is 4.14. The van der Waals surface area contributed by atoms with Gasteiger partial charge in [-0.2, -0.15) is 0 Å². The molecule has 1 amide bonds. The molecule has 0 unspecified atom stereocenters. The van der Waals surface area contributed by atoms with Crippen LogP contribution in [-0.4, -0.2) is 19.6 Å². The van der Waals surface area contributed by atoms with E-state index < -0.39 is 0 Å². The van der Waals surface area contributed by atoms with E-state index in [0.29, 0.717) is 0 Å². The van der Waals surface area contributed by atoms with Crippen molar-refractivity contribution in [2.24, 2.45) is 0 Å². The molecular formula is C20H25NO3. The summed E-state index contributed by atoms with van der Waals surface area (Å²) in [5.41, 5.74) is 4.28. The predicted octanol–water partition coefficient (Wildman–Crippen LogP) is 3.88. The maximum absolute atomic E-state index is 12.2. The van der Waals surface area contributed by atoms with Gasteiger partial charge in [0.1, 0.15) is 11.5 Å². The molecule has 2 aromatic carbocycles. The van der Waals surface area contributed by atoms with E-state index in [2.05, 4.69) is 5.32 Å². The summed E-state index contributed by atoms with van der Waals surface area (Å²) in [5.74, 6) is 1.35. The highest BCUT2D eigenvalue weighted by molar-refractivity contribution is 5.78. The molecule has 0 spiro atoms. The Kier molecular flexibility index (Phi) is 5.85. The maximum atomic E-state index is 12.2. The quantitative estimate of drug-likeness (QED) is 0.876. The van der Waals surface area contributed by atoms with E-state index in [0.717, 1.165) is 33.8 Å². The molecule has 2 rings (SSSR count). The molecule has 128 valence electrons. The molecule has 0 aliphatic heterocycles. The number of rotatable bonds is 6. The van der Waals surface area contributed by atoms with Gasteiger partial charge in [0.2, 0.25) is 0 Å². The Morgan fingerprint density at radius 2 is 1.88 bits per heavy atom. The number of amides is 1. The topological polar surface area (TPSA) is 47.6 Å². The molecule has 4 heteroatoms. The van der Waals surface area contributed by atoms with Crippen LogP contribution >= 0.6 is 0 Å². The van der Waals surface area contributed by atoms with Gasteiger partial charge >= 0.3 is 0 Å². The summed E-state index contributed by atoms with van der Waals surface area (Å²) < 4.78 is 11.0. The number of hydrogen-bond acceptors (Lipinski definition) is 3. The number of carbonyl (C=O) groups excluding carboxylic acids is 1. The van der Waals surface area contributed by atoms with Crippen molar-refractivity contribution < 1.29 is 14.3 Å². The van der Waals surface area contributed by atoms with Gasteiger partial charge < -0.3 is 14.8 Å². The van der Waals surface area contributed by atoms with E-state index in [1.165, 1.54) is 0 Å². The first-order valence-corrected chi connectivity index (χ1v) is 8.05. The number of aryl methyl sites for hydroxylation is 2.